The molecule has 0 bridgehead atoms. The predicted molar refractivity (Wildman–Crippen MR) is 66.4 cm³/mol. The molecule has 16 heavy (non-hydrogen) atoms. The van der Waals surface area contributed by atoms with E-state index in [9.17, 15) is 0 Å². The fourth-order valence-corrected chi connectivity index (χ4v) is 2.46. The number of piperidine rings is 1. The largest absolute Gasteiger partial charge is 0.369 e. The fourth-order valence-electron chi connectivity index (χ4n) is 2.46. The van der Waals surface area contributed by atoms with Crippen LogP contribution in [0.5, 0.6) is 0 Å². The van der Waals surface area contributed by atoms with Crippen molar-refractivity contribution in [2.24, 2.45) is 11.3 Å². The van der Waals surface area contributed by atoms with Crippen LogP contribution in [0.2, 0.25) is 0 Å². The molecule has 3 heteroatoms. The monoisotopic (exact) mass is 219 g/mol. The van der Waals surface area contributed by atoms with Crippen LogP contribution in [0.25, 0.3) is 0 Å². The number of anilines is 1. The highest BCUT2D eigenvalue weighted by atomic mass is 15.1. The van der Waals surface area contributed by atoms with Crippen molar-refractivity contribution in [3.8, 4) is 0 Å². The summed E-state index contributed by atoms with van der Waals surface area (Å²) in [5, 5.41) is 0. The van der Waals surface area contributed by atoms with Crippen molar-refractivity contribution in [2.45, 2.75) is 33.6 Å². The molecule has 0 aromatic carbocycles. The number of nitrogens with zero attached hydrogens (tertiary/aromatic N) is 3. The molecule has 1 aromatic rings. The third-order valence-corrected chi connectivity index (χ3v) is 3.63. The van der Waals surface area contributed by atoms with Gasteiger partial charge in [-0.25, -0.2) is 9.97 Å². The Labute approximate surface area is 97.9 Å². The van der Waals surface area contributed by atoms with Gasteiger partial charge in [-0.15, -0.1) is 0 Å². The lowest BCUT2D eigenvalue weighted by Gasteiger charge is -2.39. The van der Waals surface area contributed by atoms with E-state index in [2.05, 4.69) is 35.6 Å². The van der Waals surface area contributed by atoms with Crippen LogP contribution in [0.15, 0.2) is 18.7 Å². The predicted octanol–water partition coefficient (Wildman–Crippen LogP) is 2.74. The standard InChI is InChI=1S/C13H21N3/c1-13(2,3)11-4-6-16(7-5-11)12-8-14-10-15-9-12/h8-11H,4-7H2,1-3H3. The Kier molecular flexibility index (Phi) is 3.13. The Morgan fingerprint density at radius 3 is 2.19 bits per heavy atom. The first-order chi connectivity index (χ1) is 7.57. The van der Waals surface area contributed by atoms with Gasteiger partial charge in [0.1, 0.15) is 6.33 Å². The summed E-state index contributed by atoms with van der Waals surface area (Å²) in [5.41, 5.74) is 1.61. The molecule has 1 aliphatic heterocycles. The highest BCUT2D eigenvalue weighted by Crippen LogP contribution is 2.35. The highest BCUT2D eigenvalue weighted by Gasteiger charge is 2.28. The topological polar surface area (TPSA) is 29.0 Å². The van der Waals surface area contributed by atoms with E-state index in [0.717, 1.165) is 24.7 Å². The van der Waals surface area contributed by atoms with Crippen molar-refractivity contribution in [3.05, 3.63) is 18.7 Å². The first kappa shape index (κ1) is 11.4. The maximum absolute atomic E-state index is 4.07. The minimum atomic E-state index is 0.444. The summed E-state index contributed by atoms with van der Waals surface area (Å²) in [6.07, 6.45) is 7.96. The van der Waals surface area contributed by atoms with Crippen molar-refractivity contribution < 1.29 is 0 Å². The zero-order valence-electron chi connectivity index (χ0n) is 10.5. The Morgan fingerprint density at radius 1 is 1.12 bits per heavy atom. The Morgan fingerprint density at radius 2 is 1.69 bits per heavy atom. The molecule has 0 saturated carbocycles. The molecule has 0 unspecified atom stereocenters. The minimum absolute atomic E-state index is 0.444. The van der Waals surface area contributed by atoms with Crippen LogP contribution in [-0.2, 0) is 0 Å². The van der Waals surface area contributed by atoms with Crippen molar-refractivity contribution >= 4 is 5.69 Å². The smallest absolute Gasteiger partial charge is 0.115 e. The van der Waals surface area contributed by atoms with Gasteiger partial charge < -0.3 is 4.90 Å². The molecule has 3 nitrogen and oxygen atoms in total. The summed E-state index contributed by atoms with van der Waals surface area (Å²) in [6.45, 7) is 9.31. The minimum Gasteiger partial charge on any atom is -0.369 e. The van der Waals surface area contributed by atoms with Crippen LogP contribution >= 0.6 is 0 Å². The molecule has 1 aliphatic rings. The highest BCUT2D eigenvalue weighted by molar-refractivity contribution is 5.41. The summed E-state index contributed by atoms with van der Waals surface area (Å²) in [5.74, 6) is 0.841. The lowest BCUT2D eigenvalue weighted by Crippen LogP contribution is -2.38. The molecule has 0 amide bonds. The summed E-state index contributed by atoms with van der Waals surface area (Å²) in [7, 11) is 0. The molecular formula is C13H21N3. The van der Waals surface area contributed by atoms with E-state index in [1.54, 1.807) is 6.33 Å². The first-order valence-electron chi connectivity index (χ1n) is 6.07. The molecule has 88 valence electrons. The van der Waals surface area contributed by atoms with Crippen LogP contribution in [0.4, 0.5) is 5.69 Å². The molecular weight excluding hydrogens is 198 g/mol. The first-order valence-corrected chi connectivity index (χ1v) is 6.07. The van der Waals surface area contributed by atoms with E-state index in [1.165, 1.54) is 12.8 Å². The molecule has 1 fully saturated rings. The third kappa shape index (κ3) is 2.52. The van der Waals surface area contributed by atoms with E-state index in [1.807, 2.05) is 12.4 Å². The van der Waals surface area contributed by atoms with Gasteiger partial charge in [0, 0.05) is 13.1 Å². The molecule has 0 spiro atoms. The van der Waals surface area contributed by atoms with Gasteiger partial charge in [-0.3, -0.25) is 0 Å². The molecule has 0 aliphatic carbocycles. The quantitative estimate of drug-likeness (QED) is 0.727. The number of hydrogen-bond acceptors (Lipinski definition) is 3. The summed E-state index contributed by atoms with van der Waals surface area (Å²) >= 11 is 0. The third-order valence-electron chi connectivity index (χ3n) is 3.63. The van der Waals surface area contributed by atoms with E-state index in [0.29, 0.717) is 5.41 Å². The normalized spacial score (nSPS) is 18.8. The SMILES string of the molecule is CC(C)(C)C1CCN(c2cncnc2)CC1. The van der Waals surface area contributed by atoms with E-state index in [4.69, 9.17) is 0 Å². The number of aromatic nitrogens is 2. The van der Waals surface area contributed by atoms with E-state index < -0.39 is 0 Å². The van der Waals surface area contributed by atoms with E-state index >= 15 is 0 Å². The van der Waals surface area contributed by atoms with Gasteiger partial charge in [-0.05, 0) is 24.2 Å². The fraction of sp³-hybridized carbons (Fsp3) is 0.692. The lowest BCUT2D eigenvalue weighted by molar-refractivity contribution is 0.199. The maximum atomic E-state index is 4.07. The maximum Gasteiger partial charge on any atom is 0.115 e. The van der Waals surface area contributed by atoms with Gasteiger partial charge in [0.15, 0.2) is 0 Å². The van der Waals surface area contributed by atoms with Crippen LogP contribution < -0.4 is 4.90 Å². The Hall–Kier alpha value is -1.12. The number of hydrogen-bond donors (Lipinski definition) is 0. The second kappa shape index (κ2) is 4.40. The zero-order valence-corrected chi connectivity index (χ0v) is 10.5. The molecule has 2 rings (SSSR count). The lowest BCUT2D eigenvalue weighted by atomic mass is 9.75. The van der Waals surface area contributed by atoms with Crippen LogP contribution in [-0.4, -0.2) is 23.1 Å². The van der Waals surface area contributed by atoms with Crippen LogP contribution in [0, 0.1) is 11.3 Å². The number of rotatable bonds is 1. The van der Waals surface area contributed by atoms with Gasteiger partial charge in [0.05, 0.1) is 18.1 Å². The molecule has 1 aromatic heterocycles. The summed E-state index contributed by atoms with van der Waals surface area (Å²) in [4.78, 5) is 10.5. The van der Waals surface area contributed by atoms with Crippen molar-refractivity contribution in [3.63, 3.8) is 0 Å². The second-order valence-electron chi connectivity index (χ2n) is 5.72. The van der Waals surface area contributed by atoms with Gasteiger partial charge in [0.2, 0.25) is 0 Å². The van der Waals surface area contributed by atoms with E-state index in [-0.39, 0.29) is 0 Å². The zero-order chi connectivity index (χ0) is 11.6. The molecule has 0 atom stereocenters. The summed E-state index contributed by atoms with van der Waals surface area (Å²) in [6, 6.07) is 0. The Balaban J connectivity index is 1.96. The van der Waals surface area contributed by atoms with Gasteiger partial charge in [-0.2, -0.15) is 0 Å². The molecule has 0 N–H and O–H groups in total. The molecule has 1 saturated heterocycles. The summed E-state index contributed by atoms with van der Waals surface area (Å²) < 4.78 is 0. The van der Waals surface area contributed by atoms with Gasteiger partial charge in [-0.1, -0.05) is 20.8 Å². The molecule has 2 heterocycles. The molecule has 0 radical (unpaired) electrons. The van der Waals surface area contributed by atoms with Crippen molar-refractivity contribution in [1.29, 1.82) is 0 Å². The van der Waals surface area contributed by atoms with Gasteiger partial charge >= 0.3 is 0 Å². The van der Waals surface area contributed by atoms with Crippen molar-refractivity contribution in [1.82, 2.24) is 9.97 Å². The average molecular weight is 219 g/mol. The van der Waals surface area contributed by atoms with Crippen LogP contribution in [0.3, 0.4) is 0 Å². The average Bonchev–Trinajstić information content (AvgIpc) is 2.29. The van der Waals surface area contributed by atoms with Crippen molar-refractivity contribution in [2.75, 3.05) is 18.0 Å². The van der Waals surface area contributed by atoms with Gasteiger partial charge in [0.25, 0.3) is 0 Å². The van der Waals surface area contributed by atoms with Crippen LogP contribution in [0.1, 0.15) is 33.6 Å². The Bertz CT molecular complexity index is 321. The second-order valence-corrected chi connectivity index (χ2v) is 5.72.